The highest BCUT2D eigenvalue weighted by atomic mass is 16.4. The molecule has 0 atom stereocenters. The molecule has 0 fully saturated rings. The highest BCUT2D eigenvalue weighted by molar-refractivity contribution is 6.02. The summed E-state index contributed by atoms with van der Waals surface area (Å²) < 4.78 is 2.87. The van der Waals surface area contributed by atoms with Crippen molar-refractivity contribution in [2.75, 3.05) is 5.32 Å². The smallest absolute Gasteiger partial charge is 0.325 e. The van der Waals surface area contributed by atoms with Crippen LogP contribution in [0.2, 0.25) is 0 Å². The SMILES string of the molecule is CCn1cc(NC(=O)c2ccn(CC(=O)O)n2)cn1. The monoisotopic (exact) mass is 263 g/mol. The van der Waals surface area contributed by atoms with Crippen LogP contribution < -0.4 is 5.32 Å². The molecule has 0 bridgehead atoms. The van der Waals surface area contributed by atoms with Gasteiger partial charge in [-0.15, -0.1) is 0 Å². The Labute approximate surface area is 108 Å². The predicted octanol–water partition coefficient (Wildman–Crippen LogP) is 0.436. The van der Waals surface area contributed by atoms with Crippen molar-refractivity contribution in [2.24, 2.45) is 0 Å². The fourth-order valence-corrected chi connectivity index (χ4v) is 1.51. The van der Waals surface area contributed by atoms with Crippen LogP contribution in [-0.2, 0) is 17.9 Å². The van der Waals surface area contributed by atoms with Crippen LogP contribution in [0.25, 0.3) is 0 Å². The Hall–Kier alpha value is -2.64. The van der Waals surface area contributed by atoms with E-state index in [2.05, 4.69) is 15.5 Å². The van der Waals surface area contributed by atoms with E-state index < -0.39 is 11.9 Å². The zero-order valence-electron chi connectivity index (χ0n) is 10.3. The summed E-state index contributed by atoms with van der Waals surface area (Å²) >= 11 is 0. The van der Waals surface area contributed by atoms with Crippen molar-refractivity contribution in [3.05, 3.63) is 30.4 Å². The van der Waals surface area contributed by atoms with Crippen molar-refractivity contribution >= 4 is 17.6 Å². The van der Waals surface area contributed by atoms with Crippen LogP contribution in [0.4, 0.5) is 5.69 Å². The Balaban J connectivity index is 2.03. The van der Waals surface area contributed by atoms with E-state index in [0.29, 0.717) is 12.2 Å². The second-order valence-electron chi connectivity index (χ2n) is 3.83. The quantitative estimate of drug-likeness (QED) is 0.814. The van der Waals surface area contributed by atoms with E-state index in [1.165, 1.54) is 23.1 Å². The Bertz CT molecular complexity index is 601. The van der Waals surface area contributed by atoms with E-state index in [1.807, 2.05) is 6.92 Å². The van der Waals surface area contributed by atoms with Gasteiger partial charge < -0.3 is 10.4 Å². The third-order valence-electron chi connectivity index (χ3n) is 2.39. The Morgan fingerprint density at radius 1 is 1.42 bits per heavy atom. The van der Waals surface area contributed by atoms with Gasteiger partial charge in [0, 0.05) is 18.9 Å². The van der Waals surface area contributed by atoms with Gasteiger partial charge in [0.2, 0.25) is 0 Å². The maximum absolute atomic E-state index is 11.8. The van der Waals surface area contributed by atoms with E-state index in [1.54, 1.807) is 10.9 Å². The number of aryl methyl sites for hydroxylation is 1. The van der Waals surface area contributed by atoms with Gasteiger partial charge >= 0.3 is 5.97 Å². The highest BCUT2D eigenvalue weighted by Gasteiger charge is 2.11. The zero-order valence-corrected chi connectivity index (χ0v) is 10.3. The van der Waals surface area contributed by atoms with Crippen molar-refractivity contribution in [3.63, 3.8) is 0 Å². The molecule has 0 aliphatic heterocycles. The number of hydrogen-bond donors (Lipinski definition) is 2. The Kier molecular flexibility index (Phi) is 3.60. The first-order chi connectivity index (χ1) is 9.08. The number of carbonyl (C=O) groups excluding carboxylic acids is 1. The van der Waals surface area contributed by atoms with Crippen LogP contribution in [-0.4, -0.2) is 36.5 Å². The van der Waals surface area contributed by atoms with E-state index in [9.17, 15) is 9.59 Å². The number of carboxylic acids is 1. The summed E-state index contributed by atoms with van der Waals surface area (Å²) in [5.74, 6) is -1.42. The molecule has 1 amide bonds. The molecule has 2 N–H and O–H groups in total. The van der Waals surface area contributed by atoms with E-state index in [0.717, 1.165) is 0 Å². The lowest BCUT2D eigenvalue weighted by Gasteiger charge is -1.99. The molecule has 2 rings (SSSR count). The minimum absolute atomic E-state index is 0.158. The lowest BCUT2D eigenvalue weighted by Crippen LogP contribution is -2.14. The molecule has 0 unspecified atom stereocenters. The molecule has 8 heteroatoms. The van der Waals surface area contributed by atoms with Crippen LogP contribution in [0.5, 0.6) is 0 Å². The molecule has 8 nitrogen and oxygen atoms in total. The third kappa shape index (κ3) is 3.18. The number of nitrogens with zero attached hydrogens (tertiary/aromatic N) is 4. The molecule has 100 valence electrons. The van der Waals surface area contributed by atoms with E-state index >= 15 is 0 Å². The number of aliphatic carboxylic acids is 1. The number of nitrogens with one attached hydrogen (secondary N) is 1. The first kappa shape index (κ1) is 12.8. The molecular weight excluding hydrogens is 250 g/mol. The average molecular weight is 263 g/mol. The van der Waals surface area contributed by atoms with Crippen LogP contribution in [0, 0.1) is 0 Å². The van der Waals surface area contributed by atoms with Crippen molar-refractivity contribution in [1.29, 1.82) is 0 Å². The van der Waals surface area contributed by atoms with Gasteiger partial charge in [-0.25, -0.2) is 0 Å². The van der Waals surface area contributed by atoms with Crippen molar-refractivity contribution in [1.82, 2.24) is 19.6 Å². The molecule has 0 aliphatic rings. The summed E-state index contributed by atoms with van der Waals surface area (Å²) in [5, 5.41) is 19.1. The van der Waals surface area contributed by atoms with Crippen LogP contribution in [0.15, 0.2) is 24.7 Å². The predicted molar refractivity (Wildman–Crippen MR) is 65.7 cm³/mol. The third-order valence-corrected chi connectivity index (χ3v) is 2.39. The largest absolute Gasteiger partial charge is 0.480 e. The molecule has 0 saturated heterocycles. The topological polar surface area (TPSA) is 102 Å². The lowest BCUT2D eigenvalue weighted by atomic mass is 10.4. The van der Waals surface area contributed by atoms with Crippen LogP contribution >= 0.6 is 0 Å². The van der Waals surface area contributed by atoms with Crippen molar-refractivity contribution in [3.8, 4) is 0 Å². The summed E-state index contributed by atoms with van der Waals surface area (Å²) in [4.78, 5) is 22.3. The minimum atomic E-state index is -1.01. The van der Waals surface area contributed by atoms with Gasteiger partial charge in [-0.2, -0.15) is 10.2 Å². The fraction of sp³-hybridized carbons (Fsp3) is 0.273. The van der Waals surface area contributed by atoms with Crippen LogP contribution in [0.3, 0.4) is 0 Å². The molecule has 0 spiro atoms. The molecule has 2 aromatic heterocycles. The summed E-state index contributed by atoms with van der Waals surface area (Å²) in [6, 6.07) is 1.46. The lowest BCUT2D eigenvalue weighted by molar-refractivity contribution is -0.137. The van der Waals surface area contributed by atoms with E-state index in [4.69, 9.17) is 5.11 Å². The highest BCUT2D eigenvalue weighted by Crippen LogP contribution is 2.07. The zero-order chi connectivity index (χ0) is 13.8. The first-order valence-corrected chi connectivity index (χ1v) is 5.67. The summed E-state index contributed by atoms with van der Waals surface area (Å²) in [7, 11) is 0. The Morgan fingerprint density at radius 3 is 2.84 bits per heavy atom. The molecular formula is C11H13N5O3. The van der Waals surface area contributed by atoms with Gasteiger partial charge in [-0.3, -0.25) is 19.0 Å². The van der Waals surface area contributed by atoms with Gasteiger partial charge in [0.05, 0.1) is 11.9 Å². The van der Waals surface area contributed by atoms with Crippen molar-refractivity contribution < 1.29 is 14.7 Å². The number of anilines is 1. The summed E-state index contributed by atoms with van der Waals surface area (Å²) in [6.07, 6.45) is 4.68. The number of aromatic nitrogens is 4. The number of amides is 1. The average Bonchev–Trinajstić information content (AvgIpc) is 2.97. The number of carboxylic acid groups (broad SMARTS) is 1. The molecule has 2 aromatic rings. The normalized spacial score (nSPS) is 10.4. The maximum Gasteiger partial charge on any atom is 0.325 e. The molecule has 0 radical (unpaired) electrons. The van der Waals surface area contributed by atoms with E-state index in [-0.39, 0.29) is 12.2 Å². The molecule has 2 heterocycles. The summed E-state index contributed by atoms with van der Waals surface area (Å²) in [5.41, 5.74) is 0.727. The second kappa shape index (κ2) is 5.34. The van der Waals surface area contributed by atoms with Gasteiger partial charge in [-0.1, -0.05) is 0 Å². The standard InChI is InChI=1S/C11H13N5O3/c1-2-15-6-8(5-12-15)13-11(19)9-3-4-16(14-9)7-10(17)18/h3-6H,2,7H2,1H3,(H,13,19)(H,17,18). The molecule has 19 heavy (non-hydrogen) atoms. The first-order valence-electron chi connectivity index (χ1n) is 5.67. The summed E-state index contributed by atoms with van der Waals surface area (Å²) in [6.45, 7) is 2.37. The maximum atomic E-state index is 11.8. The second-order valence-corrected chi connectivity index (χ2v) is 3.83. The van der Waals surface area contributed by atoms with Crippen molar-refractivity contribution in [2.45, 2.75) is 20.0 Å². The Morgan fingerprint density at radius 2 is 2.21 bits per heavy atom. The van der Waals surface area contributed by atoms with Gasteiger partial charge in [0.15, 0.2) is 5.69 Å². The number of rotatable bonds is 5. The molecule has 0 saturated carbocycles. The minimum Gasteiger partial charge on any atom is -0.480 e. The van der Waals surface area contributed by atoms with Gasteiger partial charge in [0.1, 0.15) is 6.54 Å². The number of hydrogen-bond acceptors (Lipinski definition) is 4. The van der Waals surface area contributed by atoms with Crippen LogP contribution in [0.1, 0.15) is 17.4 Å². The van der Waals surface area contributed by atoms with Gasteiger partial charge in [-0.05, 0) is 13.0 Å². The number of carbonyl (C=O) groups is 2. The van der Waals surface area contributed by atoms with Gasteiger partial charge in [0.25, 0.3) is 5.91 Å². The molecule has 0 aliphatic carbocycles. The molecule has 0 aromatic carbocycles. The fourth-order valence-electron chi connectivity index (χ4n) is 1.51.